The van der Waals surface area contributed by atoms with Crippen LogP contribution in [0.5, 0.6) is 0 Å². The third-order valence-electron chi connectivity index (χ3n) is 17.0. The Balaban J connectivity index is 0.733. The Morgan fingerprint density at radius 3 is 2.33 bits per heavy atom. The van der Waals surface area contributed by atoms with Gasteiger partial charge in [-0.05, 0) is 99.7 Å². The summed E-state index contributed by atoms with van der Waals surface area (Å²) in [5.41, 5.74) is 0.753. The summed E-state index contributed by atoms with van der Waals surface area (Å²) in [5, 5.41) is 33.7. The van der Waals surface area contributed by atoms with Gasteiger partial charge < -0.3 is 40.1 Å². The van der Waals surface area contributed by atoms with E-state index in [0.717, 1.165) is 63.6 Å². The van der Waals surface area contributed by atoms with Crippen molar-refractivity contribution in [1.82, 2.24) is 30.5 Å². The minimum Gasteiger partial charge on any atom is -0.381 e. The first-order chi connectivity index (χ1) is 38.4. The first-order valence-corrected chi connectivity index (χ1v) is 28.4. The summed E-state index contributed by atoms with van der Waals surface area (Å²) >= 11 is 7.84. The van der Waals surface area contributed by atoms with Crippen molar-refractivity contribution in [2.45, 2.75) is 94.3 Å². The highest BCUT2D eigenvalue weighted by molar-refractivity contribution is 8.15. The molecular weight excluding hydrogens is 1070 g/mol. The summed E-state index contributed by atoms with van der Waals surface area (Å²) in [7, 11) is 0. The van der Waals surface area contributed by atoms with Gasteiger partial charge in [0.1, 0.15) is 52.2 Å². The fourth-order valence-corrected chi connectivity index (χ4v) is 14.0. The van der Waals surface area contributed by atoms with Crippen LogP contribution in [0.25, 0.3) is 22.5 Å². The van der Waals surface area contributed by atoms with E-state index < -0.39 is 47.1 Å². The van der Waals surface area contributed by atoms with Gasteiger partial charge in [-0.15, -0.1) is 0 Å². The number of rotatable bonds is 14. The van der Waals surface area contributed by atoms with Crippen molar-refractivity contribution >= 4 is 69.8 Å². The number of aliphatic imine (C=N–C) groups is 1. The third kappa shape index (κ3) is 10.3. The Kier molecular flexibility index (Phi) is 15.4. The normalized spacial score (nSPS) is 22.1. The number of amides is 2. The molecular formula is C59H61ClF5N11O3S. The average Bonchev–Trinajstić information content (AvgIpc) is 4.40. The highest BCUT2D eigenvalue weighted by Crippen LogP contribution is 2.44. The lowest BCUT2D eigenvalue weighted by molar-refractivity contribution is -0.141. The van der Waals surface area contributed by atoms with Crippen molar-refractivity contribution in [3.05, 3.63) is 127 Å². The van der Waals surface area contributed by atoms with Crippen molar-refractivity contribution in [3.8, 4) is 17.2 Å². The largest absolute Gasteiger partial charge is 0.381 e. The second-order valence-corrected chi connectivity index (χ2v) is 23.9. The van der Waals surface area contributed by atoms with E-state index in [2.05, 4.69) is 47.5 Å². The molecule has 5 saturated heterocycles. The third-order valence-corrected chi connectivity index (χ3v) is 18.3. The molecule has 11 rings (SSSR count). The van der Waals surface area contributed by atoms with Gasteiger partial charge in [0.25, 0.3) is 0 Å². The smallest absolute Gasteiger partial charge is 0.243 e. The number of thioether (sulfide) groups is 1. The van der Waals surface area contributed by atoms with E-state index in [1.807, 2.05) is 26.0 Å². The molecule has 0 aliphatic carbocycles. The van der Waals surface area contributed by atoms with Crippen LogP contribution in [0.4, 0.5) is 33.5 Å². The molecule has 6 aliphatic heterocycles. The van der Waals surface area contributed by atoms with E-state index in [0.29, 0.717) is 85.9 Å². The molecule has 418 valence electrons. The van der Waals surface area contributed by atoms with E-state index >= 15 is 8.78 Å². The first-order valence-electron chi connectivity index (χ1n) is 27.2. The Morgan fingerprint density at radius 2 is 1.66 bits per heavy atom. The van der Waals surface area contributed by atoms with E-state index in [1.165, 1.54) is 24.3 Å². The van der Waals surface area contributed by atoms with Gasteiger partial charge in [0.05, 0.1) is 32.8 Å². The highest BCUT2D eigenvalue weighted by atomic mass is 35.5. The van der Waals surface area contributed by atoms with Gasteiger partial charge >= 0.3 is 0 Å². The van der Waals surface area contributed by atoms with E-state index in [-0.39, 0.29) is 88.2 Å². The molecule has 80 heavy (non-hydrogen) atoms. The number of benzene rings is 4. The summed E-state index contributed by atoms with van der Waals surface area (Å²) in [6.07, 6.45) is 5.02. The van der Waals surface area contributed by atoms with Gasteiger partial charge in [-0.3, -0.25) is 15.0 Å². The lowest BCUT2D eigenvalue weighted by Gasteiger charge is -2.54. The molecule has 2 amide bonds. The molecule has 4 N–H and O–H groups in total. The average molecular weight is 1130 g/mol. The number of nitrogens with zero attached hydrogens (tertiary/aromatic N) is 7. The van der Waals surface area contributed by atoms with Crippen molar-refractivity contribution in [2.24, 2.45) is 16.3 Å². The molecule has 1 aromatic heterocycles. The van der Waals surface area contributed by atoms with E-state index in [1.54, 1.807) is 30.0 Å². The fraction of sp³-hybridized carbons (Fsp3) is 0.424. The van der Waals surface area contributed by atoms with Gasteiger partial charge in [-0.1, -0.05) is 72.7 Å². The Labute approximate surface area is 468 Å². The van der Waals surface area contributed by atoms with Crippen LogP contribution in [0.3, 0.4) is 0 Å². The Bertz CT molecular complexity index is 3560. The van der Waals surface area contributed by atoms with Gasteiger partial charge in [0, 0.05) is 97.2 Å². The lowest BCUT2D eigenvalue weighted by Crippen LogP contribution is -2.60. The predicted octanol–water partition coefficient (Wildman–Crippen LogP) is 8.56. The van der Waals surface area contributed by atoms with Gasteiger partial charge in [0.15, 0.2) is 17.4 Å². The zero-order valence-corrected chi connectivity index (χ0v) is 46.2. The summed E-state index contributed by atoms with van der Waals surface area (Å²) in [6.45, 7) is 15.5. The monoisotopic (exact) mass is 1130 g/mol. The SMILES string of the molecule is C=N/C(=c1/cc(Cl)/c(=c2/ccc(F)c3c2=C(C#N)C(=N)S3)c(F)c1NCCN1CCC2(CC1)CN(c1cc(C(C(=O)N3CCCC3C(=O)NC(C)c3ccc(-c4c(F)cc(F)cc4F)cc3)C(C)C)on1)C2)N1CC2CCC(C1)N2. The van der Waals surface area contributed by atoms with Crippen molar-refractivity contribution < 1.29 is 36.1 Å². The quantitative estimate of drug-likeness (QED) is 0.0621. The summed E-state index contributed by atoms with van der Waals surface area (Å²) in [4.78, 5) is 41.1. The molecule has 5 aromatic rings. The zero-order valence-electron chi connectivity index (χ0n) is 44.6. The van der Waals surface area contributed by atoms with Crippen LogP contribution in [0, 0.1) is 67.6 Å². The molecule has 7 heterocycles. The minimum absolute atomic E-state index is 0.00132. The number of carbonyl (C=O) groups excluding carboxylic acids is 2. The number of aromatic nitrogens is 1. The van der Waals surface area contributed by atoms with Crippen LogP contribution in [-0.2, 0) is 9.59 Å². The molecule has 5 atom stereocenters. The van der Waals surface area contributed by atoms with Crippen molar-refractivity contribution in [2.75, 3.05) is 69.1 Å². The fourth-order valence-electron chi connectivity index (χ4n) is 12.8. The second-order valence-electron chi connectivity index (χ2n) is 22.4. The van der Waals surface area contributed by atoms with Gasteiger partial charge in [-0.25, -0.2) is 26.9 Å². The number of anilines is 2. The number of likely N-dealkylation sites (tertiary alicyclic amines) is 3. The molecule has 5 unspecified atom stereocenters. The Morgan fingerprint density at radius 1 is 0.963 bits per heavy atom. The molecule has 0 saturated carbocycles. The number of carbonyl (C=O) groups is 2. The van der Waals surface area contributed by atoms with Crippen LogP contribution in [-0.4, -0.2) is 120 Å². The van der Waals surface area contributed by atoms with Crippen LogP contribution < -0.4 is 31.3 Å². The van der Waals surface area contributed by atoms with E-state index in [4.69, 9.17) is 21.5 Å². The second kappa shape index (κ2) is 22.3. The molecule has 14 nitrogen and oxygen atoms in total. The molecule has 5 fully saturated rings. The number of piperidine rings is 1. The molecule has 21 heteroatoms. The predicted molar refractivity (Wildman–Crippen MR) is 298 cm³/mol. The number of hydrogen-bond donors (Lipinski definition) is 4. The summed E-state index contributed by atoms with van der Waals surface area (Å²) in [5.74, 6) is -4.10. The number of piperazine rings is 1. The molecule has 0 radical (unpaired) electrons. The van der Waals surface area contributed by atoms with Crippen LogP contribution in [0.15, 0.2) is 75.1 Å². The highest BCUT2D eigenvalue weighted by Gasteiger charge is 2.47. The molecule has 6 aliphatic rings. The molecule has 1 spiro atoms. The summed E-state index contributed by atoms with van der Waals surface area (Å²) in [6, 6.07) is 15.1. The maximum Gasteiger partial charge on any atom is 0.243 e. The van der Waals surface area contributed by atoms with Gasteiger partial charge in [-0.2, -0.15) is 5.26 Å². The molecule has 4 aromatic carbocycles. The number of halogens is 6. The number of hydrogen-bond acceptors (Lipinski definition) is 13. The first kappa shape index (κ1) is 55.1. The van der Waals surface area contributed by atoms with Crippen LogP contribution in [0.1, 0.15) is 82.6 Å². The topological polar surface area (TPSA) is 169 Å². The standard InChI is InChI=1S/C59H61ClF5N11O3S/c1-31(2)48(58(78)76-18-5-6-45(76)57(77)70-32(3)33-7-9-34(10-8-33)49-43(63)22-35(61)23-44(49)64)46-25-47(72-79-46)75-29-59(30-75)15-19-73(20-16-59)21-17-69-53-39(56(68-4)74-27-36-11-12-37(28-74)71-36)24-41(60)51(52(53)65)38-13-14-42(62)54-50(38)40(26-66)55(67)80-54/h7-10,13-14,22-25,31-32,36-37,45,48,67,69,71H,4-6,11-12,15-21,27-30H2,1-3H3,(H,70,77)/b51-38+,56-39+,67-55?. The van der Waals surface area contributed by atoms with Crippen LogP contribution >= 0.6 is 23.4 Å². The van der Waals surface area contributed by atoms with Crippen LogP contribution in [0.2, 0.25) is 5.02 Å². The number of nitriles is 1. The van der Waals surface area contributed by atoms with E-state index in [9.17, 15) is 28.0 Å². The number of fused-ring (bicyclic) bond motifs is 3. The maximum absolute atomic E-state index is 17.5. The number of nitrogens with one attached hydrogen (secondary N) is 4. The zero-order chi connectivity index (χ0) is 56.3. The molecule has 2 bridgehead atoms. The van der Waals surface area contributed by atoms with Gasteiger partial charge in [0.2, 0.25) is 11.8 Å². The van der Waals surface area contributed by atoms with Crippen molar-refractivity contribution in [1.29, 1.82) is 10.7 Å². The Hall–Kier alpha value is -6.79. The van der Waals surface area contributed by atoms with Crippen molar-refractivity contribution in [3.63, 3.8) is 0 Å². The lowest BCUT2D eigenvalue weighted by atomic mass is 9.72. The minimum atomic E-state index is -1.01. The summed E-state index contributed by atoms with van der Waals surface area (Å²) < 4.78 is 81.1. The maximum atomic E-state index is 17.5.